The van der Waals surface area contributed by atoms with Gasteiger partial charge in [-0.15, -0.1) is 0 Å². The molecule has 4 heteroatoms. The summed E-state index contributed by atoms with van der Waals surface area (Å²) in [7, 11) is -1.23. The summed E-state index contributed by atoms with van der Waals surface area (Å²) in [5.74, 6) is -0.115. The zero-order valence-corrected chi connectivity index (χ0v) is 13.9. The van der Waals surface area contributed by atoms with Crippen LogP contribution in [-0.4, -0.2) is 30.6 Å². The first-order valence-corrected chi connectivity index (χ1v) is 10.0. The second-order valence-electron chi connectivity index (χ2n) is 6.40. The van der Waals surface area contributed by atoms with E-state index in [1.165, 1.54) is 12.1 Å². The molecule has 0 aliphatic heterocycles. The van der Waals surface area contributed by atoms with Crippen molar-refractivity contribution >= 4 is 18.9 Å². The Kier molecular flexibility index (Phi) is 3.94. The summed E-state index contributed by atoms with van der Waals surface area (Å²) in [6, 6.07) is 2.95. The van der Waals surface area contributed by atoms with Crippen LogP contribution in [0.5, 0.6) is 0 Å². The molecule has 2 nitrogen and oxygen atoms in total. The Balaban J connectivity index is 2.26. The van der Waals surface area contributed by atoms with Crippen LogP contribution in [-0.2, 0) is 4.79 Å². The summed E-state index contributed by atoms with van der Waals surface area (Å²) in [5.41, 5.74) is 2.36. The second-order valence-corrected chi connectivity index (χ2v) is 11.3. The number of benzene rings is 1. The minimum Gasteiger partial charge on any atom is -0.322 e. The van der Waals surface area contributed by atoms with Crippen molar-refractivity contribution in [2.75, 3.05) is 24.8 Å². The largest absolute Gasteiger partial charge is 0.322 e. The van der Waals surface area contributed by atoms with Gasteiger partial charge in [0, 0.05) is 39.1 Å². The quantitative estimate of drug-likeness (QED) is 0.828. The highest BCUT2D eigenvalue weighted by Crippen LogP contribution is 2.73. The normalized spacial score (nSPS) is 16.9. The molecule has 1 saturated carbocycles. The fourth-order valence-corrected chi connectivity index (χ4v) is 5.40. The molecule has 1 aliphatic rings. The lowest BCUT2D eigenvalue weighted by molar-refractivity contribution is -0.116. The maximum Gasteiger partial charge on any atom is 0.268 e. The van der Waals surface area contributed by atoms with Crippen LogP contribution >= 0.6 is 7.26 Å². The average molecular weight is 296 g/mol. The van der Waals surface area contributed by atoms with E-state index in [0.717, 1.165) is 35.8 Å². The number of amides is 1. The molecule has 1 aromatic carbocycles. The SMILES string of the molecule is CC[P+](C)(C)C1(C(=O)Nc2c(C)cc(F)cc2C)CC1. The third-order valence-electron chi connectivity index (χ3n) is 4.83. The Morgan fingerprint density at radius 1 is 1.30 bits per heavy atom. The van der Waals surface area contributed by atoms with E-state index in [1.807, 2.05) is 13.8 Å². The second kappa shape index (κ2) is 5.11. The highest BCUT2D eigenvalue weighted by atomic mass is 31.2. The predicted molar refractivity (Wildman–Crippen MR) is 85.8 cm³/mol. The Bertz CT molecular complexity index is 526. The van der Waals surface area contributed by atoms with Gasteiger partial charge in [0.1, 0.15) is 5.82 Å². The minimum atomic E-state index is -1.23. The molecule has 0 radical (unpaired) electrons. The van der Waals surface area contributed by atoms with E-state index in [1.54, 1.807) is 0 Å². The number of aryl methyl sites for hydroxylation is 2. The molecule has 0 aromatic heterocycles. The molecule has 0 spiro atoms. The van der Waals surface area contributed by atoms with Crippen molar-refractivity contribution in [2.45, 2.75) is 38.8 Å². The molecule has 1 N–H and O–H groups in total. The standard InChI is InChI=1S/C16H23FNOP/c1-6-20(4,5)16(7-8-16)15(19)18-14-11(2)9-13(17)10-12(14)3/h9-10H,6-8H2,1-5H3/p+1. The average Bonchev–Trinajstić information content (AvgIpc) is 3.15. The van der Waals surface area contributed by atoms with E-state index >= 15 is 0 Å². The first kappa shape index (κ1) is 15.4. The Labute approximate surface area is 121 Å². The van der Waals surface area contributed by atoms with E-state index < -0.39 is 7.26 Å². The van der Waals surface area contributed by atoms with Crippen molar-refractivity contribution < 1.29 is 9.18 Å². The van der Waals surface area contributed by atoms with Gasteiger partial charge in [-0.3, -0.25) is 4.79 Å². The topological polar surface area (TPSA) is 29.1 Å². The lowest BCUT2D eigenvalue weighted by Crippen LogP contribution is -2.33. The smallest absolute Gasteiger partial charge is 0.268 e. The van der Waals surface area contributed by atoms with Crippen LogP contribution in [0.2, 0.25) is 0 Å². The van der Waals surface area contributed by atoms with Gasteiger partial charge in [0.25, 0.3) is 5.91 Å². The van der Waals surface area contributed by atoms with Crippen LogP contribution in [0.4, 0.5) is 10.1 Å². The van der Waals surface area contributed by atoms with E-state index in [4.69, 9.17) is 0 Å². The van der Waals surface area contributed by atoms with Gasteiger partial charge in [-0.1, -0.05) is 0 Å². The number of hydrogen-bond acceptors (Lipinski definition) is 1. The van der Waals surface area contributed by atoms with Crippen LogP contribution in [0.3, 0.4) is 0 Å². The Morgan fingerprint density at radius 2 is 1.80 bits per heavy atom. The van der Waals surface area contributed by atoms with Crippen molar-refractivity contribution in [1.29, 1.82) is 0 Å². The minimum absolute atomic E-state index is 0.135. The number of nitrogens with one attached hydrogen (secondary N) is 1. The van der Waals surface area contributed by atoms with Gasteiger partial charge in [-0.25, -0.2) is 4.39 Å². The van der Waals surface area contributed by atoms with Crippen molar-refractivity contribution in [2.24, 2.45) is 0 Å². The van der Waals surface area contributed by atoms with Gasteiger partial charge in [0.2, 0.25) is 0 Å². The first-order chi connectivity index (χ1) is 9.23. The molecular weight excluding hydrogens is 272 g/mol. The number of hydrogen-bond donors (Lipinski definition) is 1. The van der Waals surface area contributed by atoms with Crippen LogP contribution in [0.15, 0.2) is 12.1 Å². The highest BCUT2D eigenvalue weighted by Gasteiger charge is 2.65. The number of carbonyl (C=O) groups is 1. The first-order valence-electron chi connectivity index (χ1n) is 7.15. The predicted octanol–water partition coefficient (Wildman–Crippen LogP) is 4.21. The number of carbonyl (C=O) groups excluding carboxylic acids is 1. The molecule has 0 atom stereocenters. The number of rotatable bonds is 4. The number of anilines is 1. The van der Waals surface area contributed by atoms with E-state index in [9.17, 15) is 9.18 Å². The van der Waals surface area contributed by atoms with Crippen LogP contribution < -0.4 is 5.32 Å². The third-order valence-corrected chi connectivity index (χ3v) is 9.38. The summed E-state index contributed by atoms with van der Waals surface area (Å²) in [6.45, 7) is 10.4. The molecule has 0 unspecified atom stereocenters. The van der Waals surface area contributed by atoms with E-state index in [-0.39, 0.29) is 16.9 Å². The molecule has 0 saturated heterocycles. The van der Waals surface area contributed by atoms with Gasteiger partial charge in [0.05, 0.1) is 6.16 Å². The molecule has 1 fully saturated rings. The van der Waals surface area contributed by atoms with Crippen molar-refractivity contribution in [1.82, 2.24) is 0 Å². The van der Waals surface area contributed by atoms with Gasteiger partial charge < -0.3 is 5.32 Å². The van der Waals surface area contributed by atoms with Gasteiger partial charge in [0.15, 0.2) is 5.16 Å². The van der Waals surface area contributed by atoms with Gasteiger partial charge in [-0.05, 0) is 44.0 Å². The Hall–Kier alpha value is -0.950. The van der Waals surface area contributed by atoms with E-state index in [0.29, 0.717) is 0 Å². The summed E-state index contributed by atoms with van der Waals surface area (Å²) < 4.78 is 13.3. The number of halogens is 1. The maximum absolute atomic E-state index is 13.3. The van der Waals surface area contributed by atoms with Crippen LogP contribution in [0, 0.1) is 19.7 Å². The summed E-state index contributed by atoms with van der Waals surface area (Å²) in [6.07, 6.45) is 3.07. The maximum atomic E-state index is 13.3. The molecule has 20 heavy (non-hydrogen) atoms. The van der Waals surface area contributed by atoms with Crippen molar-refractivity contribution in [3.05, 3.63) is 29.1 Å². The van der Waals surface area contributed by atoms with Gasteiger partial charge >= 0.3 is 0 Å². The van der Waals surface area contributed by atoms with E-state index in [2.05, 4.69) is 25.6 Å². The molecule has 1 aromatic rings. The highest BCUT2D eigenvalue weighted by molar-refractivity contribution is 7.77. The molecule has 0 heterocycles. The van der Waals surface area contributed by atoms with Crippen LogP contribution in [0.25, 0.3) is 0 Å². The van der Waals surface area contributed by atoms with Crippen molar-refractivity contribution in [3.63, 3.8) is 0 Å². The fourth-order valence-electron chi connectivity index (χ4n) is 2.87. The summed E-state index contributed by atoms with van der Waals surface area (Å²) in [4.78, 5) is 12.7. The molecule has 110 valence electrons. The summed E-state index contributed by atoms with van der Waals surface area (Å²) >= 11 is 0. The summed E-state index contributed by atoms with van der Waals surface area (Å²) in [5, 5.41) is 2.93. The lowest BCUT2D eigenvalue weighted by Gasteiger charge is -2.26. The molecule has 0 bridgehead atoms. The van der Waals surface area contributed by atoms with Crippen molar-refractivity contribution in [3.8, 4) is 0 Å². The van der Waals surface area contributed by atoms with Crippen LogP contribution in [0.1, 0.15) is 30.9 Å². The Morgan fingerprint density at radius 3 is 2.20 bits per heavy atom. The molecule has 1 aliphatic carbocycles. The lowest BCUT2D eigenvalue weighted by atomic mass is 10.1. The molecular formula is C16H24FNOP+. The zero-order chi connectivity index (χ0) is 15.1. The molecule has 2 rings (SSSR count). The third kappa shape index (κ3) is 2.48. The zero-order valence-electron chi connectivity index (χ0n) is 13.0. The van der Waals surface area contributed by atoms with Gasteiger partial charge in [-0.2, -0.15) is 0 Å². The monoisotopic (exact) mass is 296 g/mol. The fraction of sp³-hybridized carbons (Fsp3) is 0.562. The molecule has 1 amide bonds.